The Morgan fingerprint density at radius 3 is 1.95 bits per heavy atom. The molecule has 0 aliphatic heterocycles. The summed E-state index contributed by atoms with van der Waals surface area (Å²) in [7, 11) is 1.70. The topological polar surface area (TPSA) is 40.8 Å². The molecule has 0 bridgehead atoms. The Balaban J connectivity index is 1.37. The van der Waals surface area contributed by atoms with Crippen molar-refractivity contribution in [3.63, 3.8) is 0 Å². The summed E-state index contributed by atoms with van der Waals surface area (Å²) in [6, 6.07) is 41.6. The van der Waals surface area contributed by atoms with E-state index in [9.17, 15) is 5.26 Å². The number of furan rings is 1. The number of aromatic nitrogens is 1. The molecule has 0 spiro atoms. The van der Waals surface area contributed by atoms with Gasteiger partial charge in [0.15, 0.2) is 6.20 Å². The summed E-state index contributed by atoms with van der Waals surface area (Å²) < 4.78 is 60.7. The maximum atomic E-state index is 10.5. The fraction of sp³-hybridized carbons (Fsp3) is 0.100. The van der Waals surface area contributed by atoms with E-state index in [1.165, 1.54) is 22.1 Å². The first kappa shape index (κ1) is 22.0. The van der Waals surface area contributed by atoms with Crippen molar-refractivity contribution in [3.05, 3.63) is 144 Å². The molecule has 0 atom stereocenters. The summed E-state index contributed by atoms with van der Waals surface area (Å²) in [5, 5.41) is 12.1. The monoisotopic (exact) mass is 771 g/mol. The van der Waals surface area contributed by atoms with Gasteiger partial charge in [0.25, 0.3) is 0 Å². The third-order valence-electron chi connectivity index (χ3n) is 8.13. The van der Waals surface area contributed by atoms with Gasteiger partial charge in [0.2, 0.25) is 0 Å². The van der Waals surface area contributed by atoms with Gasteiger partial charge in [-0.05, 0) is 19.3 Å². The number of rotatable bonds is 5. The number of fused-ring (bicyclic) bond motifs is 3. The average molecular weight is 772 g/mol. The van der Waals surface area contributed by atoms with E-state index >= 15 is 0 Å². The quantitative estimate of drug-likeness (QED) is 0.139. The molecule has 7 rings (SSSR count). The van der Waals surface area contributed by atoms with Crippen LogP contribution in [0.4, 0.5) is 0 Å². The van der Waals surface area contributed by atoms with Crippen molar-refractivity contribution in [2.24, 2.45) is 7.05 Å². The molecule has 212 valence electrons. The van der Waals surface area contributed by atoms with Gasteiger partial charge < -0.3 is 0 Å². The summed E-state index contributed by atoms with van der Waals surface area (Å²) in [6.45, 7) is -3.35. The van der Waals surface area contributed by atoms with Gasteiger partial charge in [-0.1, -0.05) is 0 Å². The Kier molecular flexibility index (Phi) is 5.75. The van der Waals surface area contributed by atoms with Gasteiger partial charge in [-0.25, -0.2) is 0 Å². The minimum atomic E-state index is -2.65. The van der Waals surface area contributed by atoms with Crippen molar-refractivity contribution in [1.82, 2.24) is 0 Å². The molecular weight excluding hydrogens is 733 g/mol. The van der Waals surface area contributed by atoms with Crippen LogP contribution in [0.2, 0.25) is 0 Å². The van der Waals surface area contributed by atoms with Crippen molar-refractivity contribution in [2.45, 2.75) is 20.6 Å². The maximum absolute atomic E-state index is 10.5. The molecule has 0 unspecified atom stereocenters. The predicted octanol–water partition coefficient (Wildman–Crippen LogP) is 7.06. The van der Waals surface area contributed by atoms with E-state index < -0.39 is 35.5 Å². The average Bonchev–Trinajstić information content (AvgIpc) is 3.47. The number of benzene rings is 5. The van der Waals surface area contributed by atoms with Gasteiger partial charge in [-0.2, -0.15) is 0 Å². The molecule has 0 radical (unpaired) electrons. The van der Waals surface area contributed by atoms with Crippen LogP contribution >= 0.6 is 0 Å². The number of nitriles is 1. The second-order valence-electron chi connectivity index (χ2n) is 10.9. The molecular formula is C40H32BiN2O+. The molecule has 44 heavy (non-hydrogen) atoms. The molecule has 0 amide bonds. The number of hydrogen-bond donors (Lipinski definition) is 0. The number of hydrogen-bond acceptors (Lipinski definition) is 2. The number of nitrogens with zero attached hydrogens (tertiary/aromatic N) is 2. The Bertz CT molecular complexity index is 2390. The predicted molar refractivity (Wildman–Crippen MR) is 182 cm³/mol. The summed E-state index contributed by atoms with van der Waals surface area (Å²) in [6.07, 6.45) is 1.37. The molecule has 7 aromatic rings. The molecule has 0 saturated carbocycles. The molecule has 2 heterocycles. The van der Waals surface area contributed by atoms with E-state index in [4.69, 9.17) is 12.6 Å². The van der Waals surface area contributed by atoms with E-state index in [0.717, 1.165) is 27.5 Å². The van der Waals surface area contributed by atoms with E-state index in [0.29, 0.717) is 28.0 Å². The fourth-order valence-corrected chi connectivity index (χ4v) is 14.8. The zero-order valence-corrected chi connectivity index (χ0v) is 27.8. The Morgan fingerprint density at radius 1 is 0.705 bits per heavy atom. The van der Waals surface area contributed by atoms with Crippen LogP contribution in [0, 0.1) is 32.0 Å². The minimum absolute atomic E-state index is 0.219. The van der Waals surface area contributed by atoms with Crippen molar-refractivity contribution in [1.29, 1.82) is 5.26 Å². The summed E-state index contributed by atoms with van der Waals surface area (Å²) >= 11 is -2.55. The summed E-state index contributed by atoms with van der Waals surface area (Å²) in [4.78, 5) is 0. The molecule has 0 aliphatic carbocycles. The van der Waals surface area contributed by atoms with Crippen LogP contribution in [0.5, 0.6) is 0 Å². The third-order valence-corrected chi connectivity index (χ3v) is 17.6. The molecule has 0 N–H and O–H groups in total. The van der Waals surface area contributed by atoms with Gasteiger partial charge >= 0.3 is 230 Å². The first-order valence-electron chi connectivity index (χ1n) is 17.3. The third kappa shape index (κ3) is 4.83. The molecule has 5 aromatic carbocycles. The van der Waals surface area contributed by atoms with Gasteiger partial charge in [-0.3, -0.25) is 0 Å². The first-order valence-corrected chi connectivity index (χ1v) is 19.5. The minimum Gasteiger partial charge on any atom is -0.0336 e. The molecule has 4 heteroatoms. The Morgan fingerprint density at radius 2 is 1.32 bits per heavy atom. The Hall–Kier alpha value is -4.58. The normalized spacial score (nSPS) is 14.0. The second-order valence-corrected chi connectivity index (χ2v) is 19.5. The molecule has 2 aromatic heterocycles. The SMILES string of the molecule is [2H]C([2H])([2H])c1cc(-c2c(C)ccc3c2oc2c(C#N)c(-c4cc[c]([Bi]([c]5ccccc5)[c]5ccccc5)cc4)ccc23)[n+](C)cc1C([2H])([2H])[2H]. The van der Waals surface area contributed by atoms with Crippen LogP contribution in [-0.4, -0.2) is 21.8 Å². The van der Waals surface area contributed by atoms with E-state index in [2.05, 4.69) is 78.9 Å². The van der Waals surface area contributed by atoms with Crippen molar-refractivity contribution in [2.75, 3.05) is 0 Å². The van der Waals surface area contributed by atoms with Crippen molar-refractivity contribution < 1.29 is 17.2 Å². The van der Waals surface area contributed by atoms with E-state index in [1.807, 2.05) is 43.3 Å². The van der Waals surface area contributed by atoms with Crippen LogP contribution in [-0.2, 0) is 7.05 Å². The standard InChI is InChI=1S/C28H22N2O.2C6H5.Bi/c1-17-10-11-23-22-13-12-21(20-8-6-5-7-9-20)24(15-29)27(22)31-28(23)26(17)25-14-18(2)19(3)16-30(25)4;2*1-2-4-6-5-3-1;/h6-14,16H,1-4H3;2*1-5H;/q+1;;;/i2D3,3D3;;;. The smallest absolute Gasteiger partial charge is 0.0336 e. The zero-order valence-electron chi connectivity index (χ0n) is 30.3. The van der Waals surface area contributed by atoms with Crippen molar-refractivity contribution >= 4 is 53.5 Å². The molecule has 0 fully saturated rings. The van der Waals surface area contributed by atoms with E-state index in [-0.39, 0.29) is 11.1 Å². The number of aryl methyl sites for hydroxylation is 4. The van der Waals surface area contributed by atoms with Gasteiger partial charge in [0.1, 0.15) is 7.05 Å². The fourth-order valence-electron chi connectivity index (χ4n) is 5.96. The van der Waals surface area contributed by atoms with Crippen LogP contribution in [0.25, 0.3) is 44.3 Å². The molecule has 0 aliphatic rings. The van der Waals surface area contributed by atoms with E-state index in [1.54, 1.807) is 11.6 Å². The van der Waals surface area contributed by atoms with Crippen molar-refractivity contribution in [3.8, 4) is 28.5 Å². The zero-order chi connectivity index (χ0) is 35.4. The number of pyridine rings is 1. The van der Waals surface area contributed by atoms with Crippen LogP contribution in [0.1, 0.15) is 30.5 Å². The van der Waals surface area contributed by atoms with Gasteiger partial charge in [0.05, 0.1) is 0 Å². The Labute approximate surface area is 274 Å². The van der Waals surface area contributed by atoms with Crippen LogP contribution in [0.15, 0.2) is 126 Å². The van der Waals surface area contributed by atoms with Crippen LogP contribution in [0.3, 0.4) is 0 Å². The van der Waals surface area contributed by atoms with Gasteiger partial charge in [0, 0.05) is 13.8 Å². The van der Waals surface area contributed by atoms with Crippen LogP contribution < -0.4 is 14.4 Å². The summed E-state index contributed by atoms with van der Waals surface area (Å²) in [5.41, 5.74) is 4.52. The van der Waals surface area contributed by atoms with Gasteiger partial charge in [-0.15, -0.1) is 0 Å². The molecule has 0 saturated heterocycles. The molecule has 3 nitrogen and oxygen atoms in total. The second kappa shape index (κ2) is 11.5. The summed E-state index contributed by atoms with van der Waals surface area (Å²) in [5.74, 6) is 0. The first-order chi connectivity index (χ1) is 23.9.